The van der Waals surface area contributed by atoms with E-state index in [9.17, 15) is 29.1 Å². The molecule has 12 heteroatoms. The molecule has 0 unspecified atom stereocenters. The highest BCUT2D eigenvalue weighted by Gasteiger charge is 2.32. The summed E-state index contributed by atoms with van der Waals surface area (Å²) in [7, 11) is 0. The first-order chi connectivity index (χ1) is 19.7. The molecule has 1 fully saturated rings. The van der Waals surface area contributed by atoms with E-state index in [1.807, 2.05) is 30.3 Å². The van der Waals surface area contributed by atoms with Crippen LogP contribution in [0.15, 0.2) is 66.7 Å². The van der Waals surface area contributed by atoms with Gasteiger partial charge in [-0.2, -0.15) is 0 Å². The van der Waals surface area contributed by atoms with Crippen molar-refractivity contribution in [2.24, 2.45) is 11.5 Å². The maximum absolute atomic E-state index is 13.6. The molecule has 4 atom stereocenters. The SMILES string of the molecule is NC[C@H](NC=O)C(=O)N[C@H](Cc1ccccc1)C(=O)N[C@H](/C=C/C(=O)N1CCC[C@H]1C(N)=O)Cc1ccc(O)cc1. The molecular weight excluding hydrogens is 528 g/mol. The minimum absolute atomic E-state index is 0.0793. The molecule has 2 aromatic carbocycles. The number of rotatable bonds is 14. The third kappa shape index (κ3) is 9.17. The van der Waals surface area contributed by atoms with Crippen LogP contribution in [0.5, 0.6) is 5.75 Å². The van der Waals surface area contributed by atoms with Crippen molar-refractivity contribution in [3.8, 4) is 5.75 Å². The van der Waals surface area contributed by atoms with Gasteiger partial charge in [0, 0.05) is 25.6 Å². The van der Waals surface area contributed by atoms with E-state index in [0.29, 0.717) is 25.8 Å². The third-order valence-electron chi connectivity index (χ3n) is 6.79. The molecule has 0 radical (unpaired) electrons. The van der Waals surface area contributed by atoms with Crippen LogP contribution in [0.25, 0.3) is 0 Å². The van der Waals surface area contributed by atoms with Gasteiger partial charge in [0.2, 0.25) is 30.0 Å². The summed E-state index contributed by atoms with van der Waals surface area (Å²) in [6.07, 6.45) is 4.76. The van der Waals surface area contributed by atoms with Crippen LogP contribution in [0.1, 0.15) is 24.0 Å². The summed E-state index contributed by atoms with van der Waals surface area (Å²) in [5.74, 6) is -2.05. The fraction of sp³-hybridized carbons (Fsp3) is 0.345. The minimum atomic E-state index is -1.03. The highest BCUT2D eigenvalue weighted by molar-refractivity contribution is 5.93. The highest BCUT2D eigenvalue weighted by Crippen LogP contribution is 2.18. The number of phenolic OH excluding ortho intramolecular Hbond substituents is 1. The second-order valence-corrected chi connectivity index (χ2v) is 9.76. The maximum Gasteiger partial charge on any atom is 0.246 e. The molecule has 41 heavy (non-hydrogen) atoms. The van der Waals surface area contributed by atoms with Gasteiger partial charge in [0.05, 0.1) is 6.04 Å². The molecule has 1 saturated heterocycles. The molecule has 1 aliphatic heterocycles. The Bertz CT molecular complexity index is 1240. The number of hydrogen-bond acceptors (Lipinski definition) is 7. The summed E-state index contributed by atoms with van der Waals surface area (Å²) in [6.45, 7) is 0.232. The molecule has 8 N–H and O–H groups in total. The van der Waals surface area contributed by atoms with Crippen LogP contribution < -0.4 is 27.4 Å². The second kappa shape index (κ2) is 15.2. The molecular formula is C29H36N6O6. The Morgan fingerprint density at radius 2 is 1.61 bits per heavy atom. The lowest BCUT2D eigenvalue weighted by Crippen LogP contribution is -2.56. The van der Waals surface area contributed by atoms with Gasteiger partial charge < -0.3 is 37.4 Å². The number of nitrogens with zero attached hydrogens (tertiary/aromatic N) is 1. The van der Waals surface area contributed by atoms with Crippen molar-refractivity contribution in [2.45, 2.75) is 49.9 Å². The number of aromatic hydroxyl groups is 1. The van der Waals surface area contributed by atoms with E-state index in [1.165, 1.54) is 29.2 Å². The first-order valence-electron chi connectivity index (χ1n) is 13.3. The fourth-order valence-electron chi connectivity index (χ4n) is 4.62. The van der Waals surface area contributed by atoms with Gasteiger partial charge in [-0.05, 0) is 42.5 Å². The number of nitrogens with one attached hydrogen (secondary N) is 3. The van der Waals surface area contributed by atoms with E-state index in [0.717, 1.165) is 11.1 Å². The lowest BCUT2D eigenvalue weighted by atomic mass is 10.0. The van der Waals surface area contributed by atoms with Crippen LogP contribution in [0.4, 0.5) is 0 Å². The average Bonchev–Trinajstić information content (AvgIpc) is 3.46. The predicted molar refractivity (Wildman–Crippen MR) is 151 cm³/mol. The smallest absolute Gasteiger partial charge is 0.246 e. The Hall–Kier alpha value is -4.71. The lowest BCUT2D eigenvalue weighted by Gasteiger charge is -2.24. The van der Waals surface area contributed by atoms with Gasteiger partial charge in [0.15, 0.2) is 0 Å². The number of carbonyl (C=O) groups excluding carboxylic acids is 5. The molecule has 2 aromatic rings. The van der Waals surface area contributed by atoms with Gasteiger partial charge in [-0.3, -0.25) is 24.0 Å². The number of amides is 5. The van der Waals surface area contributed by atoms with Gasteiger partial charge in [-0.1, -0.05) is 48.5 Å². The first kappa shape index (κ1) is 30.8. The van der Waals surface area contributed by atoms with Crippen molar-refractivity contribution in [1.82, 2.24) is 20.9 Å². The highest BCUT2D eigenvalue weighted by atomic mass is 16.3. The normalized spacial score (nSPS) is 16.9. The molecule has 0 aromatic heterocycles. The summed E-state index contributed by atoms with van der Waals surface area (Å²) < 4.78 is 0. The molecule has 12 nitrogen and oxygen atoms in total. The molecule has 3 rings (SSSR count). The van der Waals surface area contributed by atoms with E-state index < -0.39 is 47.8 Å². The molecule has 218 valence electrons. The monoisotopic (exact) mass is 564 g/mol. The van der Waals surface area contributed by atoms with Crippen LogP contribution in [0.2, 0.25) is 0 Å². The Labute approximate surface area is 238 Å². The van der Waals surface area contributed by atoms with Gasteiger partial charge in [-0.15, -0.1) is 0 Å². The van der Waals surface area contributed by atoms with Crippen LogP contribution >= 0.6 is 0 Å². The standard InChI is InChI=1S/C29H36N6O6/c30-17-24(32-18-36)29(41)34-23(16-19-5-2-1-3-6-19)28(40)33-21(15-20-8-11-22(37)12-9-20)10-13-26(38)35-14-4-7-25(35)27(31)39/h1-3,5-6,8-13,18,21,23-25,37H,4,7,14-17,30H2,(H2,31,39)(H,32,36)(H,33,40)(H,34,41)/b13-10+/t21-,23-,24+,25+/m1/s1. The number of likely N-dealkylation sites (tertiary alicyclic amines) is 1. The Morgan fingerprint density at radius 3 is 2.24 bits per heavy atom. The molecule has 0 aliphatic carbocycles. The summed E-state index contributed by atoms with van der Waals surface area (Å²) in [6, 6.07) is 12.0. The topological polar surface area (TPSA) is 197 Å². The third-order valence-corrected chi connectivity index (χ3v) is 6.79. The van der Waals surface area contributed by atoms with Gasteiger partial charge in [0.1, 0.15) is 23.9 Å². The van der Waals surface area contributed by atoms with E-state index in [1.54, 1.807) is 12.1 Å². The summed E-state index contributed by atoms with van der Waals surface area (Å²) >= 11 is 0. The fourth-order valence-corrected chi connectivity index (χ4v) is 4.62. The minimum Gasteiger partial charge on any atom is -0.508 e. The zero-order valence-electron chi connectivity index (χ0n) is 22.6. The van der Waals surface area contributed by atoms with Crippen LogP contribution in [-0.2, 0) is 36.8 Å². The molecule has 5 amide bonds. The van der Waals surface area contributed by atoms with Crippen molar-refractivity contribution < 1.29 is 29.1 Å². The zero-order chi connectivity index (χ0) is 29.8. The van der Waals surface area contributed by atoms with E-state index in [2.05, 4.69) is 16.0 Å². The first-order valence-corrected chi connectivity index (χ1v) is 13.3. The Morgan fingerprint density at radius 1 is 0.951 bits per heavy atom. The van der Waals surface area contributed by atoms with Gasteiger partial charge in [0.25, 0.3) is 0 Å². The van der Waals surface area contributed by atoms with E-state index in [-0.39, 0.29) is 25.1 Å². The predicted octanol–water partition coefficient (Wildman–Crippen LogP) is -0.747. The Kier molecular flexibility index (Phi) is 11.4. The summed E-state index contributed by atoms with van der Waals surface area (Å²) in [5.41, 5.74) is 12.6. The van der Waals surface area contributed by atoms with Crippen molar-refractivity contribution in [3.63, 3.8) is 0 Å². The number of hydrogen-bond donors (Lipinski definition) is 6. The molecule has 0 spiro atoms. The van der Waals surface area contributed by atoms with Crippen LogP contribution in [-0.4, -0.2) is 77.3 Å². The lowest BCUT2D eigenvalue weighted by molar-refractivity contribution is -0.133. The van der Waals surface area contributed by atoms with Crippen molar-refractivity contribution >= 4 is 30.0 Å². The maximum atomic E-state index is 13.6. The summed E-state index contributed by atoms with van der Waals surface area (Å²) in [4.78, 5) is 63.4. The zero-order valence-corrected chi connectivity index (χ0v) is 22.6. The van der Waals surface area contributed by atoms with Crippen molar-refractivity contribution in [2.75, 3.05) is 13.1 Å². The van der Waals surface area contributed by atoms with Crippen LogP contribution in [0, 0.1) is 0 Å². The second-order valence-electron chi connectivity index (χ2n) is 9.76. The molecule has 0 saturated carbocycles. The van der Waals surface area contributed by atoms with E-state index in [4.69, 9.17) is 11.5 Å². The number of phenols is 1. The number of carbonyl (C=O) groups is 5. The summed E-state index contributed by atoms with van der Waals surface area (Å²) in [5, 5.41) is 17.5. The molecule has 1 heterocycles. The number of benzene rings is 2. The quantitative estimate of drug-likeness (QED) is 0.128. The van der Waals surface area contributed by atoms with E-state index >= 15 is 0 Å². The Balaban J connectivity index is 1.83. The number of primary amides is 1. The van der Waals surface area contributed by atoms with Crippen molar-refractivity contribution in [3.05, 3.63) is 77.9 Å². The largest absolute Gasteiger partial charge is 0.508 e. The number of nitrogens with two attached hydrogens (primary N) is 2. The molecule has 1 aliphatic rings. The molecule has 0 bridgehead atoms. The average molecular weight is 565 g/mol. The van der Waals surface area contributed by atoms with Gasteiger partial charge >= 0.3 is 0 Å². The van der Waals surface area contributed by atoms with Crippen LogP contribution in [0.3, 0.4) is 0 Å². The van der Waals surface area contributed by atoms with Crippen molar-refractivity contribution in [1.29, 1.82) is 0 Å². The van der Waals surface area contributed by atoms with Gasteiger partial charge in [-0.25, -0.2) is 0 Å².